The number of Topliss-reactive ketones (excluding diaryl/α,β-unsaturated/α-hetero) is 1. The monoisotopic (exact) mass is 217 g/mol. The van der Waals surface area contributed by atoms with Crippen molar-refractivity contribution in [3.8, 4) is 0 Å². The lowest BCUT2D eigenvalue weighted by Crippen LogP contribution is -2.34. The number of anilines is 1. The number of ketones is 1. The Bertz CT molecular complexity index is 398. The maximum atomic E-state index is 11.5. The largest absolute Gasteiger partial charge is 0.364 e. The fourth-order valence-electron chi connectivity index (χ4n) is 2.29. The molecule has 0 saturated carbocycles. The third kappa shape index (κ3) is 2.26. The van der Waals surface area contributed by atoms with Crippen molar-refractivity contribution in [2.75, 3.05) is 18.0 Å². The molecule has 1 aromatic rings. The predicted molar refractivity (Wildman–Crippen MR) is 67.0 cm³/mol. The first-order valence-electron chi connectivity index (χ1n) is 6.07. The second-order valence-corrected chi connectivity index (χ2v) is 4.55. The van der Waals surface area contributed by atoms with Gasteiger partial charge in [0.05, 0.1) is 6.54 Å². The Hall–Kier alpha value is -1.31. The minimum absolute atomic E-state index is 0.327. The first kappa shape index (κ1) is 11.2. The summed E-state index contributed by atoms with van der Waals surface area (Å²) in [6, 6.07) is 6.54. The van der Waals surface area contributed by atoms with Gasteiger partial charge in [-0.25, -0.2) is 0 Å². The molecule has 0 spiro atoms. The van der Waals surface area contributed by atoms with Crippen LogP contribution < -0.4 is 4.90 Å². The molecular weight excluding hydrogens is 198 g/mol. The Balaban J connectivity index is 2.23. The maximum Gasteiger partial charge on any atom is 0.151 e. The van der Waals surface area contributed by atoms with Crippen molar-refractivity contribution in [1.29, 1.82) is 0 Å². The number of carbonyl (C=O) groups is 1. The fourth-order valence-corrected chi connectivity index (χ4v) is 2.29. The van der Waals surface area contributed by atoms with Crippen LogP contribution in [0.1, 0.15) is 30.9 Å². The Morgan fingerprint density at radius 3 is 3.00 bits per heavy atom. The Morgan fingerprint density at radius 1 is 1.44 bits per heavy atom. The minimum Gasteiger partial charge on any atom is -0.364 e. The molecule has 86 valence electrons. The van der Waals surface area contributed by atoms with Gasteiger partial charge in [0.25, 0.3) is 0 Å². The van der Waals surface area contributed by atoms with Gasteiger partial charge in [0.15, 0.2) is 5.78 Å². The van der Waals surface area contributed by atoms with Crippen LogP contribution in [-0.2, 0) is 11.2 Å². The van der Waals surface area contributed by atoms with Crippen LogP contribution in [0.5, 0.6) is 0 Å². The van der Waals surface area contributed by atoms with E-state index in [-0.39, 0.29) is 0 Å². The molecule has 1 heterocycles. The van der Waals surface area contributed by atoms with Gasteiger partial charge >= 0.3 is 0 Å². The summed E-state index contributed by atoms with van der Waals surface area (Å²) in [7, 11) is 0. The summed E-state index contributed by atoms with van der Waals surface area (Å²) in [6.45, 7) is 5.65. The van der Waals surface area contributed by atoms with E-state index in [0.717, 1.165) is 19.4 Å². The molecule has 2 heteroatoms. The van der Waals surface area contributed by atoms with Gasteiger partial charge < -0.3 is 4.90 Å². The third-order valence-corrected chi connectivity index (χ3v) is 3.21. The highest BCUT2D eigenvalue weighted by atomic mass is 16.1. The quantitative estimate of drug-likeness (QED) is 0.776. The number of aryl methyl sites for hydroxylation is 2. The van der Waals surface area contributed by atoms with Crippen molar-refractivity contribution in [2.24, 2.45) is 0 Å². The molecule has 2 rings (SSSR count). The number of rotatable bonds is 3. The van der Waals surface area contributed by atoms with Gasteiger partial charge in [-0.1, -0.05) is 24.6 Å². The van der Waals surface area contributed by atoms with E-state index in [2.05, 4.69) is 30.0 Å². The van der Waals surface area contributed by atoms with E-state index in [9.17, 15) is 4.79 Å². The SMILES string of the molecule is CCC(=O)CN1CCCc2cc(C)ccc21. The van der Waals surface area contributed by atoms with Gasteiger partial charge in [-0.15, -0.1) is 0 Å². The predicted octanol–water partition coefficient (Wildman–Crippen LogP) is 2.73. The van der Waals surface area contributed by atoms with Gasteiger partial charge in [0.1, 0.15) is 0 Å². The van der Waals surface area contributed by atoms with Crippen LogP contribution in [0.15, 0.2) is 18.2 Å². The Morgan fingerprint density at radius 2 is 2.25 bits per heavy atom. The number of fused-ring (bicyclic) bond motifs is 1. The second kappa shape index (κ2) is 4.69. The molecule has 0 bridgehead atoms. The standard InChI is InChI=1S/C14H19NO/c1-3-13(16)10-15-8-4-5-12-9-11(2)6-7-14(12)15/h6-7,9H,3-5,8,10H2,1-2H3. The van der Waals surface area contributed by atoms with Crippen LogP contribution in [0.3, 0.4) is 0 Å². The molecule has 0 N–H and O–H groups in total. The molecular formula is C14H19NO. The Kier molecular flexibility index (Phi) is 3.28. The fraction of sp³-hybridized carbons (Fsp3) is 0.500. The first-order valence-corrected chi connectivity index (χ1v) is 6.07. The lowest BCUT2D eigenvalue weighted by Gasteiger charge is -2.30. The second-order valence-electron chi connectivity index (χ2n) is 4.55. The molecule has 0 aromatic heterocycles. The normalized spacial score (nSPS) is 14.8. The number of nitrogens with zero attached hydrogens (tertiary/aromatic N) is 1. The van der Waals surface area contributed by atoms with E-state index in [1.165, 1.54) is 16.8 Å². The van der Waals surface area contributed by atoms with Crippen LogP contribution in [0.2, 0.25) is 0 Å². The van der Waals surface area contributed by atoms with E-state index in [0.29, 0.717) is 18.7 Å². The lowest BCUT2D eigenvalue weighted by atomic mass is 9.99. The average Bonchev–Trinajstić information content (AvgIpc) is 2.28. The lowest BCUT2D eigenvalue weighted by molar-refractivity contribution is -0.117. The van der Waals surface area contributed by atoms with Crippen LogP contribution in [0.4, 0.5) is 5.69 Å². The molecule has 0 saturated heterocycles. The zero-order valence-electron chi connectivity index (χ0n) is 10.1. The summed E-state index contributed by atoms with van der Waals surface area (Å²) < 4.78 is 0. The molecule has 0 fully saturated rings. The Labute approximate surface area is 97.3 Å². The molecule has 0 amide bonds. The minimum atomic E-state index is 0.327. The summed E-state index contributed by atoms with van der Waals surface area (Å²) in [6.07, 6.45) is 2.94. The van der Waals surface area contributed by atoms with Crippen molar-refractivity contribution < 1.29 is 4.79 Å². The van der Waals surface area contributed by atoms with E-state index in [4.69, 9.17) is 0 Å². The van der Waals surface area contributed by atoms with Crippen molar-refractivity contribution in [1.82, 2.24) is 0 Å². The summed E-state index contributed by atoms with van der Waals surface area (Å²) in [5.41, 5.74) is 3.97. The highest BCUT2D eigenvalue weighted by molar-refractivity contribution is 5.83. The van der Waals surface area contributed by atoms with Crippen LogP contribution >= 0.6 is 0 Å². The molecule has 0 atom stereocenters. The van der Waals surface area contributed by atoms with Crippen molar-refractivity contribution in [3.63, 3.8) is 0 Å². The summed E-state index contributed by atoms with van der Waals surface area (Å²) >= 11 is 0. The van der Waals surface area contributed by atoms with Crippen molar-refractivity contribution in [2.45, 2.75) is 33.1 Å². The maximum absolute atomic E-state index is 11.5. The van der Waals surface area contributed by atoms with Gasteiger partial charge in [-0.05, 0) is 31.4 Å². The van der Waals surface area contributed by atoms with E-state index in [1.807, 2.05) is 6.92 Å². The highest BCUT2D eigenvalue weighted by Gasteiger charge is 2.18. The average molecular weight is 217 g/mol. The van der Waals surface area contributed by atoms with E-state index < -0.39 is 0 Å². The van der Waals surface area contributed by atoms with Crippen LogP contribution in [0, 0.1) is 6.92 Å². The number of carbonyl (C=O) groups excluding carboxylic acids is 1. The summed E-state index contributed by atoms with van der Waals surface area (Å²) in [4.78, 5) is 13.7. The van der Waals surface area contributed by atoms with E-state index >= 15 is 0 Å². The number of benzene rings is 1. The molecule has 0 unspecified atom stereocenters. The van der Waals surface area contributed by atoms with Crippen LogP contribution in [0.25, 0.3) is 0 Å². The van der Waals surface area contributed by atoms with Gasteiger partial charge in [0, 0.05) is 18.7 Å². The molecule has 2 nitrogen and oxygen atoms in total. The summed E-state index contributed by atoms with van der Waals surface area (Å²) in [5.74, 6) is 0.327. The van der Waals surface area contributed by atoms with Crippen molar-refractivity contribution >= 4 is 11.5 Å². The molecule has 1 aromatic carbocycles. The number of hydrogen-bond donors (Lipinski definition) is 0. The van der Waals surface area contributed by atoms with Gasteiger partial charge in [0.2, 0.25) is 0 Å². The van der Waals surface area contributed by atoms with E-state index in [1.54, 1.807) is 0 Å². The molecule has 0 aliphatic carbocycles. The third-order valence-electron chi connectivity index (χ3n) is 3.21. The van der Waals surface area contributed by atoms with Crippen LogP contribution in [-0.4, -0.2) is 18.9 Å². The zero-order valence-corrected chi connectivity index (χ0v) is 10.1. The zero-order chi connectivity index (χ0) is 11.5. The van der Waals surface area contributed by atoms with Gasteiger partial charge in [-0.2, -0.15) is 0 Å². The highest BCUT2D eigenvalue weighted by Crippen LogP contribution is 2.27. The first-order chi connectivity index (χ1) is 7.70. The molecule has 0 radical (unpaired) electrons. The smallest absolute Gasteiger partial charge is 0.151 e. The summed E-state index contributed by atoms with van der Waals surface area (Å²) in [5, 5.41) is 0. The topological polar surface area (TPSA) is 20.3 Å². The molecule has 16 heavy (non-hydrogen) atoms. The van der Waals surface area contributed by atoms with Gasteiger partial charge in [-0.3, -0.25) is 4.79 Å². The molecule has 1 aliphatic heterocycles. The van der Waals surface area contributed by atoms with Crippen molar-refractivity contribution in [3.05, 3.63) is 29.3 Å². The molecule has 1 aliphatic rings. The number of hydrogen-bond acceptors (Lipinski definition) is 2.